The monoisotopic (exact) mass is 346 g/mol. The lowest BCUT2D eigenvalue weighted by Crippen LogP contribution is -2.39. The number of benzene rings is 1. The Morgan fingerprint density at radius 3 is 1.88 bits per heavy atom. The van der Waals surface area contributed by atoms with Crippen molar-refractivity contribution in [1.29, 1.82) is 0 Å². The molecule has 0 aliphatic heterocycles. The van der Waals surface area contributed by atoms with Gasteiger partial charge in [0.2, 0.25) is 0 Å². The molecule has 1 rings (SSSR count). The summed E-state index contributed by atoms with van der Waals surface area (Å²) >= 11 is 0. The van der Waals surface area contributed by atoms with Crippen molar-refractivity contribution < 1.29 is 4.79 Å². The van der Waals surface area contributed by atoms with E-state index in [2.05, 4.69) is 19.1 Å². The molecule has 0 saturated heterocycles. The summed E-state index contributed by atoms with van der Waals surface area (Å²) < 4.78 is 0. The van der Waals surface area contributed by atoms with Gasteiger partial charge in [-0.25, -0.2) is 0 Å². The summed E-state index contributed by atoms with van der Waals surface area (Å²) in [5.74, 6) is 0.207. The Kier molecular flexibility index (Phi) is 12.3. The van der Waals surface area contributed by atoms with Crippen LogP contribution < -0.4 is 11.5 Å². The van der Waals surface area contributed by atoms with Gasteiger partial charge in [0, 0.05) is 6.42 Å². The maximum atomic E-state index is 12.0. The molecule has 142 valence electrons. The highest BCUT2D eigenvalue weighted by Gasteiger charge is 2.18. The molecule has 0 aliphatic rings. The van der Waals surface area contributed by atoms with Gasteiger partial charge in [0.15, 0.2) is 5.78 Å². The van der Waals surface area contributed by atoms with E-state index in [9.17, 15) is 4.79 Å². The third kappa shape index (κ3) is 10.4. The topological polar surface area (TPSA) is 69.1 Å². The van der Waals surface area contributed by atoms with Crippen LogP contribution in [0.1, 0.15) is 95.5 Å². The van der Waals surface area contributed by atoms with Gasteiger partial charge in [-0.15, -0.1) is 0 Å². The Balaban J connectivity index is 2.23. The molecular weight excluding hydrogens is 308 g/mol. The molecule has 1 aromatic carbocycles. The number of rotatable bonds is 15. The number of carbonyl (C=O) groups excluding carboxylic acids is 1. The number of ketones is 1. The molecule has 3 heteroatoms. The van der Waals surface area contributed by atoms with Crippen molar-refractivity contribution in [3.63, 3.8) is 0 Å². The zero-order valence-corrected chi connectivity index (χ0v) is 16.1. The van der Waals surface area contributed by atoms with Crippen LogP contribution in [0.5, 0.6) is 0 Å². The van der Waals surface area contributed by atoms with E-state index in [-0.39, 0.29) is 11.7 Å². The van der Waals surface area contributed by atoms with Gasteiger partial charge in [0.05, 0.1) is 0 Å². The van der Waals surface area contributed by atoms with Crippen LogP contribution >= 0.6 is 0 Å². The molecule has 3 nitrogen and oxygen atoms in total. The molecule has 0 heterocycles. The number of nitrogens with two attached hydrogens (primary N) is 2. The Morgan fingerprint density at radius 2 is 1.36 bits per heavy atom. The minimum Gasteiger partial charge on any atom is -0.310 e. The van der Waals surface area contributed by atoms with Crippen molar-refractivity contribution in [3.05, 3.63) is 35.9 Å². The molecule has 0 spiro atoms. The smallest absolute Gasteiger partial charge is 0.164 e. The Bertz CT molecular complexity index is 445. The third-order valence-corrected chi connectivity index (χ3v) is 5.00. The van der Waals surface area contributed by atoms with E-state index < -0.39 is 6.17 Å². The van der Waals surface area contributed by atoms with Gasteiger partial charge in [-0.3, -0.25) is 4.79 Å². The second-order valence-corrected chi connectivity index (χ2v) is 7.27. The van der Waals surface area contributed by atoms with Crippen LogP contribution in [-0.2, 0) is 4.79 Å². The van der Waals surface area contributed by atoms with E-state index in [4.69, 9.17) is 11.5 Å². The molecule has 0 saturated carbocycles. The molecule has 0 amide bonds. The van der Waals surface area contributed by atoms with Crippen molar-refractivity contribution in [2.24, 2.45) is 11.5 Å². The summed E-state index contributed by atoms with van der Waals surface area (Å²) in [5.41, 5.74) is 12.3. The fraction of sp³-hybridized carbons (Fsp3) is 0.682. The molecule has 0 radical (unpaired) electrons. The van der Waals surface area contributed by atoms with Crippen LogP contribution in [0.25, 0.3) is 0 Å². The van der Waals surface area contributed by atoms with Crippen LogP contribution in [0.4, 0.5) is 0 Å². The Labute approximate surface area is 154 Å². The van der Waals surface area contributed by atoms with Crippen LogP contribution in [0.2, 0.25) is 0 Å². The number of unbranched alkanes of at least 4 members (excludes halogenated alkanes) is 9. The lowest BCUT2D eigenvalue weighted by atomic mass is 9.88. The number of carbonyl (C=O) groups is 1. The second-order valence-electron chi connectivity index (χ2n) is 7.27. The van der Waals surface area contributed by atoms with Crippen molar-refractivity contribution >= 4 is 5.78 Å². The van der Waals surface area contributed by atoms with Gasteiger partial charge in [-0.05, 0) is 17.9 Å². The highest BCUT2D eigenvalue weighted by atomic mass is 16.1. The molecule has 0 fully saturated rings. The van der Waals surface area contributed by atoms with Gasteiger partial charge < -0.3 is 11.5 Å². The number of hydrogen-bond donors (Lipinski definition) is 2. The number of Topliss-reactive ketones (excluding diaryl/α,β-unsaturated/α-hetero) is 1. The highest BCUT2D eigenvalue weighted by molar-refractivity contribution is 5.83. The first-order valence-electron chi connectivity index (χ1n) is 10.2. The first-order chi connectivity index (χ1) is 12.1. The summed E-state index contributed by atoms with van der Waals surface area (Å²) in [5, 5.41) is 0. The van der Waals surface area contributed by atoms with E-state index in [0.717, 1.165) is 6.42 Å². The van der Waals surface area contributed by atoms with Gasteiger partial charge in [-0.1, -0.05) is 101 Å². The maximum absolute atomic E-state index is 12.0. The summed E-state index contributed by atoms with van der Waals surface area (Å²) in [7, 11) is 0. The van der Waals surface area contributed by atoms with E-state index in [0.29, 0.717) is 6.42 Å². The fourth-order valence-corrected chi connectivity index (χ4v) is 3.37. The van der Waals surface area contributed by atoms with Crippen LogP contribution in [-0.4, -0.2) is 11.9 Å². The van der Waals surface area contributed by atoms with E-state index >= 15 is 0 Å². The SMILES string of the molecule is CCCCCCCCCCCCC(CC(=O)C(N)N)c1ccccc1. The average Bonchev–Trinajstić information content (AvgIpc) is 2.62. The largest absolute Gasteiger partial charge is 0.310 e. The summed E-state index contributed by atoms with van der Waals surface area (Å²) in [6.45, 7) is 2.26. The Morgan fingerprint density at radius 1 is 0.840 bits per heavy atom. The molecule has 1 unspecified atom stereocenters. The quantitative estimate of drug-likeness (QED) is 0.335. The highest BCUT2D eigenvalue weighted by Crippen LogP contribution is 2.26. The predicted octanol–water partition coefficient (Wildman–Crippen LogP) is 5.28. The standard InChI is InChI=1S/C22H38N2O/c1-2-3-4-5-6-7-8-9-10-12-17-20(18-21(25)22(23)24)19-15-13-11-14-16-19/h11,13-16,20,22H,2-10,12,17-18,23-24H2,1H3. The van der Waals surface area contributed by atoms with Gasteiger partial charge in [0.1, 0.15) is 6.17 Å². The third-order valence-electron chi connectivity index (χ3n) is 5.00. The first kappa shape index (κ1) is 21.9. The normalized spacial score (nSPS) is 12.5. The average molecular weight is 347 g/mol. The maximum Gasteiger partial charge on any atom is 0.164 e. The molecule has 25 heavy (non-hydrogen) atoms. The zero-order chi connectivity index (χ0) is 18.3. The van der Waals surface area contributed by atoms with E-state index in [1.54, 1.807) is 0 Å². The molecule has 1 atom stereocenters. The van der Waals surface area contributed by atoms with E-state index in [1.165, 1.54) is 69.8 Å². The minimum absolute atomic E-state index is 0.0408. The molecule has 4 N–H and O–H groups in total. The molecule has 1 aromatic rings. The second kappa shape index (κ2) is 14.0. The Hall–Kier alpha value is -1.19. The minimum atomic E-state index is -0.848. The lowest BCUT2D eigenvalue weighted by Gasteiger charge is -2.18. The van der Waals surface area contributed by atoms with E-state index in [1.807, 2.05) is 18.2 Å². The lowest BCUT2D eigenvalue weighted by molar-refractivity contribution is -0.120. The molecule has 0 aliphatic carbocycles. The van der Waals surface area contributed by atoms with Gasteiger partial charge in [-0.2, -0.15) is 0 Å². The molecular formula is C22H38N2O. The van der Waals surface area contributed by atoms with Crippen LogP contribution in [0.15, 0.2) is 30.3 Å². The van der Waals surface area contributed by atoms with Gasteiger partial charge in [0.25, 0.3) is 0 Å². The van der Waals surface area contributed by atoms with Crippen molar-refractivity contribution in [2.45, 2.75) is 96.1 Å². The van der Waals surface area contributed by atoms with Gasteiger partial charge >= 0.3 is 0 Å². The fourth-order valence-electron chi connectivity index (χ4n) is 3.37. The predicted molar refractivity (Wildman–Crippen MR) is 107 cm³/mol. The summed E-state index contributed by atoms with van der Waals surface area (Å²) in [6.07, 6.45) is 14.0. The summed E-state index contributed by atoms with van der Waals surface area (Å²) in [4.78, 5) is 12.0. The first-order valence-corrected chi connectivity index (χ1v) is 10.2. The van der Waals surface area contributed by atoms with Crippen molar-refractivity contribution in [2.75, 3.05) is 0 Å². The number of hydrogen-bond acceptors (Lipinski definition) is 3. The van der Waals surface area contributed by atoms with Crippen molar-refractivity contribution in [3.8, 4) is 0 Å². The zero-order valence-electron chi connectivity index (χ0n) is 16.1. The molecule has 0 aromatic heterocycles. The summed E-state index contributed by atoms with van der Waals surface area (Å²) in [6, 6.07) is 10.3. The van der Waals surface area contributed by atoms with Crippen LogP contribution in [0.3, 0.4) is 0 Å². The van der Waals surface area contributed by atoms with Crippen LogP contribution in [0, 0.1) is 0 Å². The molecule has 0 bridgehead atoms. The van der Waals surface area contributed by atoms with Crippen molar-refractivity contribution in [1.82, 2.24) is 0 Å².